The van der Waals surface area contributed by atoms with Crippen LogP contribution in [0.5, 0.6) is 0 Å². The van der Waals surface area contributed by atoms with Gasteiger partial charge in [0.25, 0.3) is 0 Å². The molecule has 0 aromatic carbocycles. The first-order valence-corrected chi connectivity index (χ1v) is 8.57. The van der Waals surface area contributed by atoms with Crippen molar-refractivity contribution in [1.82, 2.24) is 25.4 Å². The van der Waals surface area contributed by atoms with Gasteiger partial charge >= 0.3 is 0 Å². The number of nitrogens with zero attached hydrogens (tertiary/aromatic N) is 4. The number of ether oxygens (including phenoxy) is 1. The van der Waals surface area contributed by atoms with Crippen molar-refractivity contribution in [3.8, 4) is 0 Å². The van der Waals surface area contributed by atoms with Gasteiger partial charge < -0.3 is 20.3 Å². The molecule has 0 saturated carbocycles. The van der Waals surface area contributed by atoms with E-state index >= 15 is 0 Å². The number of morpholine rings is 1. The summed E-state index contributed by atoms with van der Waals surface area (Å²) in [5.74, 6) is 0.620. The van der Waals surface area contributed by atoms with Crippen molar-refractivity contribution in [3.63, 3.8) is 0 Å². The molecule has 8 nitrogen and oxygen atoms in total. The van der Waals surface area contributed by atoms with Crippen LogP contribution < -0.4 is 10.6 Å². The van der Waals surface area contributed by atoms with E-state index in [-0.39, 0.29) is 12.5 Å². The van der Waals surface area contributed by atoms with Crippen LogP contribution in [-0.4, -0.2) is 86.7 Å². The number of aliphatic imine (C=N–C) groups is 1. The second-order valence-electron chi connectivity index (χ2n) is 6.01. The third kappa shape index (κ3) is 7.49. The molecular formula is C17H28N6O2. The summed E-state index contributed by atoms with van der Waals surface area (Å²) in [4.78, 5) is 24.5. The highest BCUT2D eigenvalue weighted by Gasteiger charge is 2.10. The van der Waals surface area contributed by atoms with E-state index in [1.807, 2.05) is 18.2 Å². The Morgan fingerprint density at radius 2 is 2.12 bits per heavy atom. The lowest BCUT2D eigenvalue weighted by Crippen LogP contribution is -2.46. The summed E-state index contributed by atoms with van der Waals surface area (Å²) in [6.45, 7) is 5.82. The fraction of sp³-hybridized carbons (Fsp3) is 0.588. The van der Waals surface area contributed by atoms with E-state index in [0.717, 1.165) is 45.1 Å². The average molecular weight is 348 g/mol. The van der Waals surface area contributed by atoms with Gasteiger partial charge in [0.15, 0.2) is 5.96 Å². The SMILES string of the molecule is CN(C)C(=O)CNC(=NCc1ccccn1)NCCN1CCOCC1. The summed E-state index contributed by atoms with van der Waals surface area (Å²) in [5.41, 5.74) is 0.885. The summed E-state index contributed by atoms with van der Waals surface area (Å²) in [6.07, 6.45) is 1.75. The van der Waals surface area contributed by atoms with Gasteiger partial charge in [0.2, 0.25) is 5.91 Å². The van der Waals surface area contributed by atoms with Crippen molar-refractivity contribution in [2.75, 3.05) is 60.0 Å². The molecular weight excluding hydrogens is 320 g/mol. The third-order valence-electron chi connectivity index (χ3n) is 3.86. The molecule has 0 unspecified atom stereocenters. The van der Waals surface area contributed by atoms with Crippen molar-refractivity contribution < 1.29 is 9.53 Å². The van der Waals surface area contributed by atoms with E-state index in [1.54, 1.807) is 25.2 Å². The second kappa shape index (κ2) is 10.6. The summed E-state index contributed by atoms with van der Waals surface area (Å²) in [6, 6.07) is 5.74. The van der Waals surface area contributed by atoms with Crippen LogP contribution in [0.25, 0.3) is 0 Å². The van der Waals surface area contributed by atoms with E-state index in [4.69, 9.17) is 4.74 Å². The van der Waals surface area contributed by atoms with Crippen molar-refractivity contribution in [2.45, 2.75) is 6.54 Å². The van der Waals surface area contributed by atoms with E-state index in [1.165, 1.54) is 0 Å². The minimum Gasteiger partial charge on any atom is -0.379 e. The Bertz CT molecular complexity index is 543. The molecule has 2 N–H and O–H groups in total. The number of aromatic nitrogens is 1. The maximum absolute atomic E-state index is 11.8. The summed E-state index contributed by atoms with van der Waals surface area (Å²) < 4.78 is 5.35. The lowest BCUT2D eigenvalue weighted by Gasteiger charge is -2.26. The molecule has 0 aliphatic carbocycles. The smallest absolute Gasteiger partial charge is 0.241 e. The number of guanidine groups is 1. The molecule has 0 bridgehead atoms. The second-order valence-corrected chi connectivity index (χ2v) is 6.01. The highest BCUT2D eigenvalue weighted by molar-refractivity contribution is 5.86. The molecule has 1 aromatic heterocycles. The summed E-state index contributed by atoms with van der Waals surface area (Å²) in [5, 5.41) is 6.38. The number of rotatable bonds is 7. The lowest BCUT2D eigenvalue weighted by atomic mass is 10.3. The van der Waals surface area contributed by atoms with Gasteiger partial charge in [0, 0.05) is 46.5 Å². The predicted molar refractivity (Wildman–Crippen MR) is 97.3 cm³/mol. The van der Waals surface area contributed by atoms with Crippen LogP contribution in [0.1, 0.15) is 5.69 Å². The Hall–Kier alpha value is -2.19. The first-order valence-electron chi connectivity index (χ1n) is 8.57. The van der Waals surface area contributed by atoms with Gasteiger partial charge in [-0.25, -0.2) is 4.99 Å². The number of nitrogens with one attached hydrogen (secondary N) is 2. The molecule has 138 valence electrons. The predicted octanol–water partition coefficient (Wildman–Crippen LogP) is -0.463. The molecule has 25 heavy (non-hydrogen) atoms. The van der Waals surface area contributed by atoms with Gasteiger partial charge in [0.1, 0.15) is 0 Å². The largest absolute Gasteiger partial charge is 0.379 e. The lowest BCUT2D eigenvalue weighted by molar-refractivity contribution is -0.127. The van der Waals surface area contributed by atoms with Crippen molar-refractivity contribution in [1.29, 1.82) is 0 Å². The Labute approximate surface area is 149 Å². The van der Waals surface area contributed by atoms with Gasteiger partial charge in [-0.3, -0.25) is 14.7 Å². The first-order chi connectivity index (χ1) is 12.1. The van der Waals surface area contributed by atoms with Crippen LogP contribution in [0.4, 0.5) is 0 Å². The molecule has 2 heterocycles. The summed E-state index contributed by atoms with van der Waals surface area (Å²) >= 11 is 0. The number of hydrogen-bond donors (Lipinski definition) is 2. The molecule has 0 atom stereocenters. The van der Waals surface area contributed by atoms with E-state index in [0.29, 0.717) is 12.5 Å². The van der Waals surface area contributed by atoms with Crippen molar-refractivity contribution in [2.24, 2.45) is 4.99 Å². The van der Waals surface area contributed by atoms with Crippen molar-refractivity contribution in [3.05, 3.63) is 30.1 Å². The van der Waals surface area contributed by atoms with Crippen LogP contribution in [0, 0.1) is 0 Å². The van der Waals surface area contributed by atoms with Crippen LogP contribution in [0.2, 0.25) is 0 Å². The van der Waals surface area contributed by atoms with Gasteiger partial charge in [-0.15, -0.1) is 0 Å². The molecule has 1 aliphatic heterocycles. The zero-order valence-corrected chi connectivity index (χ0v) is 15.1. The zero-order valence-electron chi connectivity index (χ0n) is 15.1. The molecule has 1 amide bonds. The highest BCUT2D eigenvalue weighted by atomic mass is 16.5. The number of carbonyl (C=O) groups is 1. The first kappa shape index (κ1) is 19.1. The van der Waals surface area contributed by atoms with Gasteiger partial charge in [-0.1, -0.05) is 6.07 Å². The number of amides is 1. The quantitative estimate of drug-likeness (QED) is 0.512. The van der Waals surface area contributed by atoms with E-state index in [2.05, 4.69) is 25.5 Å². The molecule has 1 aliphatic rings. The van der Waals surface area contributed by atoms with E-state index < -0.39 is 0 Å². The van der Waals surface area contributed by atoms with Crippen molar-refractivity contribution >= 4 is 11.9 Å². The van der Waals surface area contributed by atoms with Crippen LogP contribution in [0.3, 0.4) is 0 Å². The molecule has 0 spiro atoms. The molecule has 1 fully saturated rings. The minimum atomic E-state index is 0.000477. The molecule has 1 saturated heterocycles. The Morgan fingerprint density at radius 1 is 1.32 bits per heavy atom. The van der Waals surface area contributed by atoms with Crippen LogP contribution in [0.15, 0.2) is 29.4 Å². The normalized spacial score (nSPS) is 15.7. The topological polar surface area (TPSA) is 82.1 Å². The Balaban J connectivity index is 1.84. The molecule has 2 rings (SSSR count). The third-order valence-corrected chi connectivity index (χ3v) is 3.86. The fourth-order valence-electron chi connectivity index (χ4n) is 2.30. The average Bonchev–Trinajstić information content (AvgIpc) is 2.64. The number of pyridine rings is 1. The highest BCUT2D eigenvalue weighted by Crippen LogP contribution is 1.96. The molecule has 1 aromatic rings. The fourth-order valence-corrected chi connectivity index (χ4v) is 2.30. The standard InChI is InChI=1S/C17H28N6O2/c1-22(2)16(24)14-21-17(20-13-15-5-3-4-6-18-15)19-7-8-23-9-11-25-12-10-23/h3-6H,7-14H2,1-2H3,(H2,19,20,21). The maximum Gasteiger partial charge on any atom is 0.241 e. The van der Waals surface area contributed by atoms with Crippen LogP contribution in [-0.2, 0) is 16.1 Å². The van der Waals surface area contributed by atoms with Gasteiger partial charge in [0.05, 0.1) is 32.0 Å². The summed E-state index contributed by atoms with van der Waals surface area (Å²) in [7, 11) is 3.47. The Morgan fingerprint density at radius 3 is 2.80 bits per heavy atom. The number of hydrogen-bond acceptors (Lipinski definition) is 5. The van der Waals surface area contributed by atoms with E-state index in [9.17, 15) is 4.79 Å². The van der Waals surface area contributed by atoms with Gasteiger partial charge in [-0.2, -0.15) is 0 Å². The van der Waals surface area contributed by atoms with Gasteiger partial charge in [-0.05, 0) is 12.1 Å². The minimum absolute atomic E-state index is 0.000477. The number of carbonyl (C=O) groups excluding carboxylic acids is 1. The zero-order chi connectivity index (χ0) is 17.9. The number of likely N-dealkylation sites (N-methyl/N-ethyl adjacent to an activating group) is 1. The monoisotopic (exact) mass is 348 g/mol. The maximum atomic E-state index is 11.8. The van der Waals surface area contributed by atoms with Crippen LogP contribution >= 0.6 is 0 Å². The molecule has 8 heteroatoms. The Kier molecular flexibility index (Phi) is 8.14. The molecule has 0 radical (unpaired) electrons.